The van der Waals surface area contributed by atoms with E-state index in [1.807, 2.05) is 103 Å². The zero-order valence-electron chi connectivity index (χ0n) is 30.8. The average Bonchev–Trinajstić information content (AvgIpc) is 3.72. The summed E-state index contributed by atoms with van der Waals surface area (Å²) in [5.41, 5.74) is 15.5. The lowest BCUT2D eigenvalue weighted by atomic mass is 9.98. The van der Waals surface area contributed by atoms with Crippen molar-refractivity contribution in [1.29, 1.82) is 0 Å². The summed E-state index contributed by atoms with van der Waals surface area (Å²) in [4.78, 5) is 30.5. The van der Waals surface area contributed by atoms with Crippen LogP contribution in [0.1, 0.15) is 34.1 Å². The summed E-state index contributed by atoms with van der Waals surface area (Å²) in [6, 6.07) is 47.8. The first kappa shape index (κ1) is 36.8. The summed E-state index contributed by atoms with van der Waals surface area (Å²) in [5, 5.41) is 8.24. The van der Waals surface area contributed by atoms with E-state index in [2.05, 4.69) is 64.6 Å². The Kier molecular flexibility index (Phi) is 11.0. The highest BCUT2D eigenvalue weighted by molar-refractivity contribution is 8.82. The van der Waals surface area contributed by atoms with Crippen molar-refractivity contribution in [2.24, 2.45) is 4.99 Å². The molecule has 0 aliphatic heterocycles. The van der Waals surface area contributed by atoms with E-state index in [-0.39, 0.29) is 25.0 Å². The van der Waals surface area contributed by atoms with Crippen LogP contribution in [0.25, 0.3) is 22.3 Å². The number of aliphatic imine (C=N–C) groups is 1. The molecule has 6 aromatic carbocycles. The van der Waals surface area contributed by atoms with Crippen molar-refractivity contribution in [3.63, 3.8) is 0 Å². The molecule has 0 heterocycles. The number of nitrogens with zero attached hydrogens (tertiary/aromatic N) is 2. The molecule has 0 fully saturated rings. The van der Waals surface area contributed by atoms with Gasteiger partial charge in [0, 0.05) is 30.3 Å². The van der Waals surface area contributed by atoms with Gasteiger partial charge in [-0.15, -0.1) is 0 Å². The van der Waals surface area contributed by atoms with E-state index >= 15 is 0 Å². The van der Waals surface area contributed by atoms with E-state index in [4.69, 9.17) is 14.5 Å². The van der Waals surface area contributed by atoms with Gasteiger partial charge < -0.3 is 9.47 Å². The van der Waals surface area contributed by atoms with Gasteiger partial charge in [0.15, 0.2) is 5.17 Å². The second-order valence-electron chi connectivity index (χ2n) is 13.3. The van der Waals surface area contributed by atoms with Gasteiger partial charge in [0.05, 0.1) is 11.4 Å². The maximum absolute atomic E-state index is 12.8. The molecule has 0 spiro atoms. The summed E-state index contributed by atoms with van der Waals surface area (Å²) in [5.74, 6) is -0.0132. The molecule has 2 amide bonds. The van der Waals surface area contributed by atoms with Gasteiger partial charge in [-0.1, -0.05) is 108 Å². The highest BCUT2D eigenvalue weighted by atomic mass is 33.1. The summed E-state index contributed by atoms with van der Waals surface area (Å²) in [6.45, 7) is 0.492. The third-order valence-corrected chi connectivity index (χ3v) is 11.5. The zero-order chi connectivity index (χ0) is 38.4. The Labute approximate surface area is 333 Å². The molecule has 0 radical (unpaired) electrons. The number of fused-ring (bicyclic) bond motifs is 6. The molecule has 0 atom stereocenters. The summed E-state index contributed by atoms with van der Waals surface area (Å²) in [6.07, 6.45) is 0.972. The van der Waals surface area contributed by atoms with Crippen LogP contribution in [0.5, 0.6) is 0 Å². The highest BCUT2D eigenvalue weighted by Gasteiger charge is 2.30. The monoisotopic (exact) mass is 777 g/mol. The summed E-state index contributed by atoms with van der Waals surface area (Å²) in [7, 11) is 4.97. The van der Waals surface area contributed by atoms with Gasteiger partial charge in [0.2, 0.25) is 0 Å². The van der Waals surface area contributed by atoms with E-state index < -0.39 is 12.2 Å². The molecule has 9 nitrogen and oxygen atoms in total. The van der Waals surface area contributed by atoms with Crippen LogP contribution in [0.4, 0.5) is 32.3 Å². The fraction of sp³-hybridized carbons (Fsp3) is 0.133. The van der Waals surface area contributed by atoms with E-state index in [0.717, 1.165) is 16.5 Å². The predicted octanol–water partition coefficient (Wildman–Crippen LogP) is 11.4. The van der Waals surface area contributed by atoms with Gasteiger partial charge in [-0.25, -0.2) is 14.6 Å². The highest BCUT2D eigenvalue weighted by Crippen LogP contribution is 2.45. The van der Waals surface area contributed by atoms with E-state index in [1.54, 1.807) is 22.9 Å². The number of rotatable bonds is 10. The average molecular weight is 778 g/mol. The van der Waals surface area contributed by atoms with Crippen molar-refractivity contribution in [3.8, 4) is 22.3 Å². The van der Waals surface area contributed by atoms with Crippen molar-refractivity contribution in [3.05, 3.63) is 168 Å². The molecule has 0 aromatic heterocycles. The van der Waals surface area contributed by atoms with Gasteiger partial charge in [0.1, 0.15) is 13.2 Å². The fourth-order valence-electron chi connectivity index (χ4n) is 7.33. The molecule has 2 aliphatic rings. The third-order valence-electron chi connectivity index (χ3n) is 9.90. The van der Waals surface area contributed by atoms with E-state index in [1.165, 1.54) is 55.3 Å². The molecule has 0 saturated carbocycles. The van der Waals surface area contributed by atoms with Crippen molar-refractivity contribution in [2.75, 3.05) is 42.6 Å². The molecular formula is C45H39N5O4S2. The number of anilines is 3. The number of hydrogen-bond acceptors (Lipinski definition) is 8. The summed E-state index contributed by atoms with van der Waals surface area (Å²) < 4.78 is 11.4. The SMILES string of the molecule is CSSC(=Nc1ccc(NC(=O)OCC2c3ccccc3-c3ccccc32)cc1)N(C)Nc1ccc(NC(=O)OCC2c3ccccc3-c3ccccc32)cc1. The summed E-state index contributed by atoms with van der Waals surface area (Å²) >= 11 is 0. The Morgan fingerprint density at radius 1 is 0.571 bits per heavy atom. The van der Waals surface area contributed by atoms with Gasteiger partial charge >= 0.3 is 12.2 Å². The Morgan fingerprint density at radius 3 is 1.36 bits per heavy atom. The largest absolute Gasteiger partial charge is 0.448 e. The molecule has 0 saturated heterocycles. The van der Waals surface area contributed by atoms with Crippen LogP contribution in [-0.4, -0.2) is 48.9 Å². The molecule has 6 aromatic rings. The number of benzene rings is 6. The number of ether oxygens (including phenoxy) is 2. The Balaban J connectivity index is 0.829. The van der Waals surface area contributed by atoms with Crippen molar-refractivity contribution >= 4 is 61.7 Å². The zero-order valence-corrected chi connectivity index (χ0v) is 32.4. The van der Waals surface area contributed by atoms with Crippen molar-refractivity contribution < 1.29 is 19.1 Å². The molecular weight excluding hydrogens is 739 g/mol. The minimum Gasteiger partial charge on any atom is -0.448 e. The Bertz CT molecular complexity index is 2310. The predicted molar refractivity (Wildman–Crippen MR) is 230 cm³/mol. The number of amidine groups is 1. The van der Waals surface area contributed by atoms with Gasteiger partial charge in [-0.05, 0) is 110 Å². The molecule has 3 N–H and O–H groups in total. The van der Waals surface area contributed by atoms with Crippen LogP contribution < -0.4 is 16.1 Å². The normalized spacial score (nSPS) is 12.9. The number of amides is 2. The minimum absolute atomic E-state index is 0.00545. The molecule has 56 heavy (non-hydrogen) atoms. The molecule has 8 rings (SSSR count). The number of hydrazine groups is 1. The number of carbonyl (C=O) groups is 2. The van der Waals surface area contributed by atoms with Crippen LogP contribution in [0.2, 0.25) is 0 Å². The van der Waals surface area contributed by atoms with Crippen LogP contribution in [0.3, 0.4) is 0 Å². The van der Waals surface area contributed by atoms with Crippen molar-refractivity contribution in [2.45, 2.75) is 11.8 Å². The minimum atomic E-state index is -0.509. The second-order valence-corrected chi connectivity index (χ2v) is 15.7. The van der Waals surface area contributed by atoms with Crippen LogP contribution in [0.15, 0.2) is 151 Å². The first-order chi connectivity index (χ1) is 27.4. The van der Waals surface area contributed by atoms with Crippen molar-refractivity contribution in [1.82, 2.24) is 5.01 Å². The second kappa shape index (κ2) is 16.7. The van der Waals surface area contributed by atoms with Gasteiger partial charge in [-0.3, -0.25) is 21.1 Å². The first-order valence-corrected chi connectivity index (χ1v) is 20.7. The standard InChI is InChI=1S/C45H39N5O4S2/c1-50(49-32-25-23-31(24-26-32)48-45(52)54-28-42-39-17-9-5-13-35(39)36-14-6-10-18-40(36)42)43(56-55-2)46-29-19-21-30(22-20-29)47-44(51)53-27-41-37-15-7-3-11-33(37)34-12-4-8-16-38(34)41/h3-26,41-42,49H,27-28H2,1-2H3,(H,47,51)(H,48,52). The number of hydrogen-bond donors (Lipinski definition) is 3. The molecule has 0 unspecified atom stereocenters. The molecule has 280 valence electrons. The van der Waals surface area contributed by atoms with Gasteiger partial charge in [0.25, 0.3) is 0 Å². The third kappa shape index (κ3) is 7.95. The van der Waals surface area contributed by atoms with Gasteiger partial charge in [-0.2, -0.15) is 0 Å². The lowest BCUT2D eigenvalue weighted by molar-refractivity contribution is 0.157. The maximum atomic E-state index is 12.8. The molecule has 2 aliphatic carbocycles. The lowest BCUT2D eigenvalue weighted by Crippen LogP contribution is -2.29. The van der Waals surface area contributed by atoms with Crippen LogP contribution in [0, 0.1) is 0 Å². The maximum Gasteiger partial charge on any atom is 0.411 e. The van der Waals surface area contributed by atoms with E-state index in [9.17, 15) is 9.59 Å². The quantitative estimate of drug-likeness (QED) is 0.0547. The smallest absolute Gasteiger partial charge is 0.411 e. The van der Waals surface area contributed by atoms with E-state index in [0.29, 0.717) is 11.4 Å². The number of nitrogens with one attached hydrogen (secondary N) is 3. The Hall–Kier alpha value is -6.17. The first-order valence-electron chi connectivity index (χ1n) is 18.2. The fourth-order valence-corrected chi connectivity index (χ4v) is 8.67. The Morgan fingerprint density at radius 2 is 0.946 bits per heavy atom. The molecule has 0 bridgehead atoms. The topological polar surface area (TPSA) is 104 Å². The molecule has 11 heteroatoms. The van der Waals surface area contributed by atoms with Crippen LogP contribution in [-0.2, 0) is 9.47 Å². The van der Waals surface area contributed by atoms with Crippen LogP contribution >= 0.6 is 21.6 Å². The lowest BCUT2D eigenvalue weighted by Gasteiger charge is -2.22. The number of carbonyl (C=O) groups excluding carboxylic acids is 2.